The van der Waals surface area contributed by atoms with Crippen LogP contribution in [0, 0.1) is 5.82 Å². The Hall–Kier alpha value is -2.31. The van der Waals surface area contributed by atoms with E-state index in [1.807, 2.05) is 0 Å². The lowest BCUT2D eigenvalue weighted by Crippen LogP contribution is -2.41. The van der Waals surface area contributed by atoms with E-state index in [-0.39, 0.29) is 30.1 Å². The lowest BCUT2D eigenvalue weighted by atomic mass is 10.1. The fourth-order valence-electron chi connectivity index (χ4n) is 3.49. The SMILES string of the molecule is COCCN(C)C(=O)c1ccc(N2CCC(NS(=O)(=O)/C=C(\C)c3ccc(Cl)s3)C2=O)c(F)c1. The molecule has 184 valence electrons. The topological polar surface area (TPSA) is 96.0 Å². The third kappa shape index (κ3) is 6.22. The fourth-order valence-corrected chi connectivity index (χ4v) is 5.85. The van der Waals surface area contributed by atoms with Gasteiger partial charge in [0.2, 0.25) is 15.9 Å². The minimum absolute atomic E-state index is 0.0113. The first kappa shape index (κ1) is 26.3. The number of carbonyl (C=O) groups excluding carboxylic acids is 2. The number of amides is 2. The number of benzene rings is 1. The Morgan fingerprint density at radius 1 is 1.38 bits per heavy atom. The molecule has 1 aromatic carbocycles. The maximum Gasteiger partial charge on any atom is 0.253 e. The first-order valence-electron chi connectivity index (χ1n) is 10.3. The van der Waals surface area contributed by atoms with Crippen LogP contribution in [0.25, 0.3) is 5.57 Å². The molecule has 1 aromatic heterocycles. The second-order valence-corrected chi connectivity index (χ2v) is 11.1. The van der Waals surface area contributed by atoms with Crippen LogP contribution in [-0.4, -0.2) is 65.0 Å². The summed E-state index contributed by atoms with van der Waals surface area (Å²) in [5.74, 6) is -1.69. The fraction of sp³-hybridized carbons (Fsp3) is 0.364. The average Bonchev–Trinajstić information content (AvgIpc) is 3.37. The van der Waals surface area contributed by atoms with Crippen LogP contribution in [0.3, 0.4) is 0 Å². The highest BCUT2D eigenvalue weighted by atomic mass is 35.5. The van der Waals surface area contributed by atoms with Gasteiger partial charge in [-0.1, -0.05) is 11.6 Å². The Bertz CT molecular complexity index is 1210. The molecule has 1 atom stereocenters. The van der Waals surface area contributed by atoms with Crippen LogP contribution in [-0.2, 0) is 19.6 Å². The number of carbonyl (C=O) groups is 2. The molecule has 0 aliphatic carbocycles. The van der Waals surface area contributed by atoms with Gasteiger partial charge in [-0.2, -0.15) is 4.72 Å². The maximum absolute atomic E-state index is 14.8. The quantitative estimate of drug-likeness (QED) is 0.537. The van der Waals surface area contributed by atoms with Crippen LogP contribution in [0.5, 0.6) is 0 Å². The van der Waals surface area contributed by atoms with Crippen LogP contribution >= 0.6 is 22.9 Å². The van der Waals surface area contributed by atoms with Gasteiger partial charge in [0.15, 0.2) is 0 Å². The molecule has 1 aliphatic rings. The maximum atomic E-state index is 14.8. The zero-order valence-corrected chi connectivity index (χ0v) is 21.3. The molecule has 1 unspecified atom stereocenters. The van der Waals surface area contributed by atoms with Gasteiger partial charge in [-0.15, -0.1) is 11.3 Å². The van der Waals surface area contributed by atoms with Crippen LogP contribution < -0.4 is 9.62 Å². The molecule has 2 aromatic rings. The number of thiophene rings is 1. The molecule has 12 heteroatoms. The van der Waals surface area contributed by atoms with Crippen molar-refractivity contribution < 1.29 is 27.1 Å². The number of hydrogen-bond donors (Lipinski definition) is 1. The second-order valence-electron chi connectivity index (χ2n) is 7.78. The number of ether oxygens (including phenoxy) is 1. The van der Waals surface area contributed by atoms with Gasteiger partial charge in [0.05, 0.1) is 22.0 Å². The van der Waals surface area contributed by atoms with E-state index >= 15 is 0 Å². The predicted molar refractivity (Wildman–Crippen MR) is 131 cm³/mol. The van der Waals surface area contributed by atoms with Gasteiger partial charge in [-0.05, 0) is 49.2 Å². The summed E-state index contributed by atoms with van der Waals surface area (Å²) >= 11 is 7.14. The van der Waals surface area contributed by atoms with Crippen molar-refractivity contribution in [3.05, 3.63) is 56.3 Å². The van der Waals surface area contributed by atoms with Gasteiger partial charge in [-0.25, -0.2) is 12.8 Å². The molecule has 1 N–H and O–H groups in total. The summed E-state index contributed by atoms with van der Waals surface area (Å²) < 4.78 is 47.8. The van der Waals surface area contributed by atoms with Crippen molar-refractivity contribution in [2.45, 2.75) is 19.4 Å². The number of rotatable bonds is 9. The average molecular weight is 530 g/mol. The van der Waals surface area contributed by atoms with Gasteiger partial charge in [-0.3, -0.25) is 9.59 Å². The largest absolute Gasteiger partial charge is 0.383 e. The van der Waals surface area contributed by atoms with Gasteiger partial charge < -0.3 is 14.5 Å². The van der Waals surface area contributed by atoms with E-state index in [1.54, 1.807) is 26.1 Å². The van der Waals surface area contributed by atoms with Crippen LogP contribution in [0.15, 0.2) is 35.7 Å². The molecule has 0 spiro atoms. The van der Waals surface area contributed by atoms with E-state index in [1.165, 1.54) is 40.4 Å². The smallest absolute Gasteiger partial charge is 0.253 e. The van der Waals surface area contributed by atoms with Crippen molar-refractivity contribution in [2.75, 3.05) is 38.8 Å². The summed E-state index contributed by atoms with van der Waals surface area (Å²) in [5.41, 5.74) is 0.606. The highest BCUT2D eigenvalue weighted by Gasteiger charge is 2.36. The molecule has 2 amide bonds. The molecular weight excluding hydrogens is 505 g/mol. The predicted octanol–water partition coefficient (Wildman–Crippen LogP) is 3.34. The van der Waals surface area contributed by atoms with E-state index in [2.05, 4.69) is 4.72 Å². The van der Waals surface area contributed by atoms with E-state index in [4.69, 9.17) is 16.3 Å². The van der Waals surface area contributed by atoms with Crippen LogP contribution in [0.2, 0.25) is 4.34 Å². The van der Waals surface area contributed by atoms with Crippen LogP contribution in [0.1, 0.15) is 28.6 Å². The van der Waals surface area contributed by atoms with Gasteiger partial charge in [0, 0.05) is 37.7 Å². The second kappa shape index (κ2) is 11.0. The minimum atomic E-state index is -3.94. The number of sulfonamides is 1. The highest BCUT2D eigenvalue weighted by Crippen LogP contribution is 2.29. The molecule has 8 nitrogen and oxygen atoms in total. The molecular formula is C22H25ClFN3O5S2. The Balaban J connectivity index is 1.70. The molecule has 0 radical (unpaired) electrons. The summed E-state index contributed by atoms with van der Waals surface area (Å²) in [6.45, 7) is 2.46. The van der Waals surface area contributed by atoms with Crippen molar-refractivity contribution in [1.29, 1.82) is 0 Å². The Kier molecular flexibility index (Phi) is 8.47. The van der Waals surface area contributed by atoms with E-state index in [9.17, 15) is 22.4 Å². The molecule has 0 saturated carbocycles. The van der Waals surface area contributed by atoms with Crippen LogP contribution in [0.4, 0.5) is 10.1 Å². The summed E-state index contributed by atoms with van der Waals surface area (Å²) in [4.78, 5) is 28.6. The number of methoxy groups -OCH3 is 1. The zero-order chi connectivity index (χ0) is 25.0. The Morgan fingerprint density at radius 2 is 2.12 bits per heavy atom. The van der Waals surface area contributed by atoms with Gasteiger partial charge in [0.1, 0.15) is 11.9 Å². The van der Waals surface area contributed by atoms with Crippen molar-refractivity contribution in [3.63, 3.8) is 0 Å². The molecule has 34 heavy (non-hydrogen) atoms. The molecule has 3 rings (SSSR count). The first-order chi connectivity index (χ1) is 16.0. The van der Waals surface area contributed by atoms with Crippen molar-refractivity contribution >= 4 is 56.0 Å². The Labute approximate surface area is 207 Å². The number of hydrogen-bond acceptors (Lipinski definition) is 6. The third-order valence-corrected chi connectivity index (χ3v) is 7.91. The van der Waals surface area contributed by atoms with E-state index in [0.29, 0.717) is 27.9 Å². The number of likely N-dealkylation sites (N-methyl/N-ethyl adjacent to an activating group) is 1. The number of halogens is 2. The molecule has 1 aliphatic heterocycles. The monoisotopic (exact) mass is 529 g/mol. The number of nitrogens with zero attached hydrogens (tertiary/aromatic N) is 2. The third-order valence-electron chi connectivity index (χ3n) is 5.27. The van der Waals surface area contributed by atoms with Crippen molar-refractivity contribution in [3.8, 4) is 0 Å². The molecule has 2 heterocycles. The van der Waals surface area contributed by atoms with E-state index in [0.717, 1.165) is 11.5 Å². The number of allylic oxidation sites excluding steroid dienone is 1. The summed E-state index contributed by atoms with van der Waals surface area (Å²) in [5, 5.41) is 1.05. The Morgan fingerprint density at radius 3 is 2.74 bits per heavy atom. The van der Waals surface area contributed by atoms with Crippen molar-refractivity contribution in [2.24, 2.45) is 0 Å². The highest BCUT2D eigenvalue weighted by molar-refractivity contribution is 7.92. The minimum Gasteiger partial charge on any atom is -0.383 e. The first-order valence-corrected chi connectivity index (χ1v) is 13.1. The van der Waals surface area contributed by atoms with E-state index < -0.39 is 27.8 Å². The summed E-state index contributed by atoms with van der Waals surface area (Å²) in [6, 6.07) is 6.22. The van der Waals surface area contributed by atoms with Gasteiger partial charge in [0.25, 0.3) is 5.91 Å². The summed E-state index contributed by atoms with van der Waals surface area (Å²) in [6.07, 6.45) is 0.176. The van der Waals surface area contributed by atoms with Crippen molar-refractivity contribution in [1.82, 2.24) is 9.62 Å². The molecule has 1 fully saturated rings. The molecule has 1 saturated heterocycles. The summed E-state index contributed by atoms with van der Waals surface area (Å²) in [7, 11) is -0.838. The number of anilines is 1. The molecule has 0 bridgehead atoms. The standard InChI is InChI=1S/C22H25ClFN3O5S2/c1-14(19-6-7-20(23)33-19)13-34(30,31)25-17-8-9-27(22(17)29)18-5-4-15(12-16(18)24)21(28)26(2)10-11-32-3/h4-7,12-13,17,25H,8-11H2,1-3H3/b14-13+. The zero-order valence-electron chi connectivity index (χ0n) is 18.9. The van der Waals surface area contributed by atoms with Gasteiger partial charge >= 0.3 is 0 Å². The lowest BCUT2D eigenvalue weighted by molar-refractivity contribution is -0.118. The normalized spacial score (nSPS) is 16.9. The number of nitrogens with one attached hydrogen (secondary N) is 1. The lowest BCUT2D eigenvalue weighted by Gasteiger charge is -2.20.